The summed E-state index contributed by atoms with van der Waals surface area (Å²) in [5, 5.41) is 15.8. The molecule has 0 aliphatic heterocycles. The van der Waals surface area contributed by atoms with Crippen LogP contribution in [0.2, 0.25) is 0 Å². The van der Waals surface area contributed by atoms with Gasteiger partial charge in [0.05, 0.1) is 11.8 Å². The number of aromatic hydroxyl groups is 1. The number of nitrogens with zero attached hydrogens (tertiary/aromatic N) is 1. The molecule has 3 aromatic rings. The van der Waals surface area contributed by atoms with Gasteiger partial charge in [-0.1, -0.05) is 42.5 Å². The van der Waals surface area contributed by atoms with E-state index >= 15 is 0 Å². The van der Waals surface area contributed by atoms with Crippen molar-refractivity contribution in [1.29, 1.82) is 0 Å². The number of nitrogen functional groups attached to an aromatic ring is 1. The largest absolute Gasteiger partial charge is 0.507 e. The Bertz CT molecular complexity index is 904. The fourth-order valence-electron chi connectivity index (χ4n) is 2.34. The molecule has 114 valence electrons. The molecule has 0 fully saturated rings. The highest BCUT2D eigenvalue weighted by Gasteiger charge is 2.08. The lowest BCUT2D eigenvalue weighted by molar-refractivity contribution is 0.0956. The highest BCUT2D eigenvalue weighted by atomic mass is 16.3. The van der Waals surface area contributed by atoms with Crippen LogP contribution >= 0.6 is 0 Å². The monoisotopic (exact) mass is 305 g/mol. The normalized spacial score (nSPS) is 11.0. The lowest BCUT2D eigenvalue weighted by Crippen LogP contribution is -2.19. The number of amides is 1. The molecular formula is C18H15N3O2. The van der Waals surface area contributed by atoms with Crippen LogP contribution in [0.15, 0.2) is 65.8 Å². The third-order valence-corrected chi connectivity index (χ3v) is 3.51. The van der Waals surface area contributed by atoms with Crippen molar-refractivity contribution in [3.8, 4) is 5.75 Å². The van der Waals surface area contributed by atoms with Gasteiger partial charge in [-0.15, -0.1) is 0 Å². The number of phenolic OH excluding ortho intramolecular Hbond substituents is 1. The van der Waals surface area contributed by atoms with Gasteiger partial charge in [0.2, 0.25) is 0 Å². The van der Waals surface area contributed by atoms with E-state index in [1.165, 1.54) is 6.21 Å². The van der Waals surface area contributed by atoms with Crippen molar-refractivity contribution in [3.05, 3.63) is 71.8 Å². The maximum atomic E-state index is 12.0. The first-order valence-corrected chi connectivity index (χ1v) is 7.05. The molecule has 0 aromatic heterocycles. The zero-order valence-corrected chi connectivity index (χ0v) is 12.2. The molecule has 4 N–H and O–H groups in total. The molecule has 5 nitrogen and oxygen atoms in total. The number of rotatable bonds is 3. The number of fused-ring (bicyclic) bond motifs is 1. The quantitative estimate of drug-likeness (QED) is 0.395. The minimum Gasteiger partial charge on any atom is -0.507 e. The van der Waals surface area contributed by atoms with Gasteiger partial charge in [-0.05, 0) is 29.0 Å². The van der Waals surface area contributed by atoms with Gasteiger partial charge in [0.25, 0.3) is 5.91 Å². The third-order valence-electron chi connectivity index (χ3n) is 3.51. The SMILES string of the molecule is Nc1ccccc1C(=O)N/N=C/c1c(O)ccc2ccccc12. The number of hydrogen-bond donors (Lipinski definition) is 3. The average Bonchev–Trinajstić information content (AvgIpc) is 2.57. The van der Waals surface area contributed by atoms with Crippen molar-refractivity contribution in [2.75, 3.05) is 5.73 Å². The molecule has 0 heterocycles. The summed E-state index contributed by atoms with van der Waals surface area (Å²) in [7, 11) is 0. The van der Waals surface area contributed by atoms with Crippen LogP contribution in [0.3, 0.4) is 0 Å². The Kier molecular flexibility index (Phi) is 3.93. The number of carbonyl (C=O) groups excluding carboxylic acids is 1. The smallest absolute Gasteiger partial charge is 0.273 e. The molecule has 5 heteroatoms. The lowest BCUT2D eigenvalue weighted by Gasteiger charge is -2.05. The average molecular weight is 305 g/mol. The summed E-state index contributed by atoms with van der Waals surface area (Å²) in [6, 6.07) is 17.8. The summed E-state index contributed by atoms with van der Waals surface area (Å²) in [4.78, 5) is 12.0. The number of hydrogen-bond acceptors (Lipinski definition) is 4. The zero-order valence-electron chi connectivity index (χ0n) is 12.2. The second-order valence-corrected chi connectivity index (χ2v) is 5.01. The Balaban J connectivity index is 1.85. The second-order valence-electron chi connectivity index (χ2n) is 5.01. The maximum absolute atomic E-state index is 12.0. The van der Waals surface area contributed by atoms with Gasteiger partial charge in [-0.25, -0.2) is 5.43 Å². The molecule has 0 atom stereocenters. The molecule has 3 rings (SSSR count). The molecular weight excluding hydrogens is 290 g/mol. The van der Waals surface area contributed by atoms with Crippen molar-refractivity contribution < 1.29 is 9.90 Å². The fraction of sp³-hybridized carbons (Fsp3) is 0. The number of carbonyl (C=O) groups is 1. The van der Waals surface area contributed by atoms with Crippen LogP contribution in [-0.2, 0) is 0 Å². The van der Waals surface area contributed by atoms with Gasteiger partial charge >= 0.3 is 0 Å². The Morgan fingerprint density at radius 3 is 2.61 bits per heavy atom. The first-order valence-electron chi connectivity index (χ1n) is 7.05. The highest BCUT2D eigenvalue weighted by molar-refractivity contribution is 6.03. The van der Waals surface area contributed by atoms with Crippen LogP contribution in [0.4, 0.5) is 5.69 Å². The minimum atomic E-state index is -0.404. The van der Waals surface area contributed by atoms with E-state index < -0.39 is 5.91 Å². The zero-order chi connectivity index (χ0) is 16.2. The molecule has 0 bridgehead atoms. The lowest BCUT2D eigenvalue weighted by atomic mass is 10.0. The number of nitrogens with two attached hydrogens (primary N) is 1. The molecule has 0 radical (unpaired) electrons. The summed E-state index contributed by atoms with van der Waals surface area (Å²) in [5.74, 6) is -0.306. The van der Waals surface area contributed by atoms with E-state index in [4.69, 9.17) is 5.73 Å². The van der Waals surface area contributed by atoms with E-state index in [-0.39, 0.29) is 5.75 Å². The van der Waals surface area contributed by atoms with Gasteiger partial charge in [0, 0.05) is 11.3 Å². The molecule has 0 saturated heterocycles. The highest BCUT2D eigenvalue weighted by Crippen LogP contribution is 2.25. The Morgan fingerprint density at radius 1 is 1.04 bits per heavy atom. The van der Waals surface area contributed by atoms with Crippen LogP contribution in [0.1, 0.15) is 15.9 Å². The van der Waals surface area contributed by atoms with E-state index in [1.54, 1.807) is 30.3 Å². The number of benzene rings is 3. The van der Waals surface area contributed by atoms with Gasteiger partial charge in [0.15, 0.2) is 0 Å². The Labute approximate surface area is 133 Å². The number of nitrogens with one attached hydrogen (secondary N) is 1. The third kappa shape index (κ3) is 2.98. The van der Waals surface area contributed by atoms with Crippen molar-refractivity contribution in [3.63, 3.8) is 0 Å². The summed E-state index contributed by atoms with van der Waals surface area (Å²) < 4.78 is 0. The molecule has 0 unspecified atom stereocenters. The minimum absolute atomic E-state index is 0.0981. The molecule has 0 aliphatic carbocycles. The molecule has 3 aromatic carbocycles. The first-order chi connectivity index (χ1) is 11.2. The van der Waals surface area contributed by atoms with Gasteiger partial charge < -0.3 is 10.8 Å². The fourth-order valence-corrected chi connectivity index (χ4v) is 2.34. The molecule has 0 saturated carbocycles. The van der Waals surface area contributed by atoms with Gasteiger partial charge in [-0.2, -0.15) is 5.10 Å². The van der Waals surface area contributed by atoms with E-state index in [1.807, 2.05) is 30.3 Å². The van der Waals surface area contributed by atoms with E-state index in [0.29, 0.717) is 16.8 Å². The van der Waals surface area contributed by atoms with E-state index in [9.17, 15) is 9.90 Å². The van der Waals surface area contributed by atoms with E-state index in [2.05, 4.69) is 10.5 Å². The van der Waals surface area contributed by atoms with Crippen molar-refractivity contribution in [2.45, 2.75) is 0 Å². The van der Waals surface area contributed by atoms with Crippen LogP contribution < -0.4 is 11.2 Å². The van der Waals surface area contributed by atoms with Crippen LogP contribution in [0, 0.1) is 0 Å². The summed E-state index contributed by atoms with van der Waals surface area (Å²) in [6.45, 7) is 0. The maximum Gasteiger partial charge on any atom is 0.273 e. The summed E-state index contributed by atoms with van der Waals surface area (Å²) in [6.07, 6.45) is 1.43. The molecule has 1 amide bonds. The first kappa shape index (κ1) is 14.6. The number of phenols is 1. The van der Waals surface area contributed by atoms with Crippen LogP contribution in [0.25, 0.3) is 10.8 Å². The van der Waals surface area contributed by atoms with Crippen molar-refractivity contribution in [2.24, 2.45) is 5.10 Å². The second kappa shape index (κ2) is 6.19. The predicted molar refractivity (Wildman–Crippen MR) is 91.5 cm³/mol. The number of anilines is 1. The standard InChI is InChI=1S/C18H15N3O2/c19-16-8-4-3-7-14(16)18(23)21-20-11-15-13-6-2-1-5-12(13)9-10-17(15)22/h1-11,22H,19H2,(H,21,23)/b20-11+. The summed E-state index contributed by atoms with van der Waals surface area (Å²) >= 11 is 0. The number of para-hydroxylation sites is 1. The molecule has 0 aliphatic rings. The Hall–Kier alpha value is -3.34. The Morgan fingerprint density at radius 2 is 1.78 bits per heavy atom. The predicted octanol–water partition coefficient (Wildman–Crippen LogP) is 2.89. The molecule has 23 heavy (non-hydrogen) atoms. The topological polar surface area (TPSA) is 87.7 Å². The van der Waals surface area contributed by atoms with Crippen molar-refractivity contribution >= 4 is 28.6 Å². The summed E-state index contributed by atoms with van der Waals surface area (Å²) in [5.41, 5.74) is 9.45. The van der Waals surface area contributed by atoms with Gasteiger partial charge in [0.1, 0.15) is 5.75 Å². The number of hydrazone groups is 1. The van der Waals surface area contributed by atoms with Crippen LogP contribution in [-0.4, -0.2) is 17.2 Å². The molecule has 0 spiro atoms. The van der Waals surface area contributed by atoms with Gasteiger partial charge in [-0.3, -0.25) is 4.79 Å². The van der Waals surface area contributed by atoms with Crippen molar-refractivity contribution in [1.82, 2.24) is 5.43 Å². The van der Waals surface area contributed by atoms with E-state index in [0.717, 1.165) is 10.8 Å². The van der Waals surface area contributed by atoms with Crippen LogP contribution in [0.5, 0.6) is 5.75 Å².